The monoisotopic (exact) mass is 344 g/mol. The quantitative estimate of drug-likeness (QED) is 0.809. The first-order valence-electron chi connectivity index (χ1n) is 9.45. The van der Waals surface area contributed by atoms with Gasteiger partial charge in [-0.05, 0) is 50.7 Å². The summed E-state index contributed by atoms with van der Waals surface area (Å²) in [7, 11) is 6.27. The first kappa shape index (κ1) is 18.4. The van der Waals surface area contributed by atoms with Crippen LogP contribution in [-0.2, 0) is 6.54 Å². The largest absolute Gasteiger partial charge is 0.341 e. The predicted molar refractivity (Wildman–Crippen MR) is 102 cm³/mol. The molecule has 1 aromatic carbocycles. The second-order valence-electron chi connectivity index (χ2n) is 7.88. The Kier molecular flexibility index (Phi) is 6.10. The Morgan fingerprint density at radius 1 is 1.12 bits per heavy atom. The lowest BCUT2D eigenvalue weighted by molar-refractivity contribution is 0.0773. The molecule has 0 radical (unpaired) electrons. The number of likely N-dealkylation sites (tertiary alicyclic amines) is 1. The van der Waals surface area contributed by atoms with E-state index in [1.807, 2.05) is 24.1 Å². The number of benzene rings is 1. The summed E-state index contributed by atoms with van der Waals surface area (Å²) in [6.45, 7) is 8.48. The molecule has 2 saturated heterocycles. The fourth-order valence-corrected chi connectivity index (χ4v) is 3.93. The van der Waals surface area contributed by atoms with E-state index in [9.17, 15) is 4.79 Å². The molecule has 1 atom stereocenters. The zero-order valence-electron chi connectivity index (χ0n) is 15.9. The van der Waals surface area contributed by atoms with Crippen molar-refractivity contribution < 1.29 is 4.79 Å². The van der Waals surface area contributed by atoms with E-state index in [4.69, 9.17) is 0 Å². The molecule has 0 N–H and O–H groups in total. The summed E-state index contributed by atoms with van der Waals surface area (Å²) >= 11 is 0. The third-order valence-corrected chi connectivity index (χ3v) is 5.54. The number of nitrogens with zero attached hydrogens (tertiary/aromatic N) is 4. The molecule has 1 amide bonds. The minimum Gasteiger partial charge on any atom is -0.341 e. The number of rotatable bonds is 5. The summed E-state index contributed by atoms with van der Waals surface area (Å²) in [5.41, 5.74) is 2.06. The zero-order valence-corrected chi connectivity index (χ0v) is 15.9. The van der Waals surface area contributed by atoms with E-state index in [-0.39, 0.29) is 5.91 Å². The number of piperazine rings is 1. The SMILES string of the molecule is CN1CCN(Cc2cccc(C(=O)N(C)C[C@H]3CCN(C)C3)c2)CC1. The highest BCUT2D eigenvalue weighted by Gasteiger charge is 2.23. The van der Waals surface area contributed by atoms with Crippen LogP contribution in [0.2, 0.25) is 0 Å². The van der Waals surface area contributed by atoms with Crippen molar-refractivity contribution in [3.63, 3.8) is 0 Å². The van der Waals surface area contributed by atoms with Gasteiger partial charge in [-0.15, -0.1) is 0 Å². The van der Waals surface area contributed by atoms with Gasteiger partial charge in [-0.25, -0.2) is 0 Å². The van der Waals surface area contributed by atoms with Gasteiger partial charge in [-0.1, -0.05) is 12.1 Å². The molecule has 2 aliphatic heterocycles. The number of hydrogen-bond donors (Lipinski definition) is 0. The van der Waals surface area contributed by atoms with Gasteiger partial charge >= 0.3 is 0 Å². The van der Waals surface area contributed by atoms with Crippen molar-refractivity contribution in [3.8, 4) is 0 Å². The van der Waals surface area contributed by atoms with Crippen LogP contribution in [0.15, 0.2) is 24.3 Å². The van der Waals surface area contributed by atoms with Crippen molar-refractivity contribution in [2.24, 2.45) is 5.92 Å². The fourth-order valence-electron chi connectivity index (χ4n) is 3.93. The van der Waals surface area contributed by atoms with Gasteiger partial charge in [0.15, 0.2) is 0 Å². The first-order chi connectivity index (χ1) is 12.0. The highest BCUT2D eigenvalue weighted by molar-refractivity contribution is 5.94. The molecule has 0 spiro atoms. The van der Waals surface area contributed by atoms with Crippen molar-refractivity contribution in [3.05, 3.63) is 35.4 Å². The van der Waals surface area contributed by atoms with Gasteiger partial charge in [0.05, 0.1) is 0 Å². The number of likely N-dealkylation sites (N-methyl/N-ethyl adjacent to an activating group) is 1. The molecule has 0 aliphatic carbocycles. The average Bonchev–Trinajstić information content (AvgIpc) is 3.01. The standard InChI is InChI=1S/C20H32N4O/c1-21-9-11-24(12-10-21)16-17-5-4-6-19(13-17)20(25)23(3)15-18-7-8-22(2)14-18/h4-6,13,18H,7-12,14-16H2,1-3H3/t18-/m0/s1. The lowest BCUT2D eigenvalue weighted by Gasteiger charge is -2.32. The van der Waals surface area contributed by atoms with Crippen LogP contribution >= 0.6 is 0 Å². The Hall–Kier alpha value is -1.43. The third kappa shape index (κ3) is 5.03. The van der Waals surface area contributed by atoms with Crippen LogP contribution in [0.3, 0.4) is 0 Å². The zero-order chi connectivity index (χ0) is 17.8. The molecule has 0 saturated carbocycles. The Morgan fingerprint density at radius 2 is 1.88 bits per heavy atom. The van der Waals surface area contributed by atoms with E-state index in [0.29, 0.717) is 5.92 Å². The lowest BCUT2D eigenvalue weighted by atomic mass is 10.1. The maximum absolute atomic E-state index is 12.8. The van der Waals surface area contributed by atoms with E-state index in [1.54, 1.807) is 0 Å². The summed E-state index contributed by atoms with van der Waals surface area (Å²) in [6.07, 6.45) is 1.19. The van der Waals surface area contributed by atoms with E-state index in [0.717, 1.165) is 57.9 Å². The summed E-state index contributed by atoms with van der Waals surface area (Å²) in [5.74, 6) is 0.752. The van der Waals surface area contributed by atoms with Crippen LogP contribution in [0.25, 0.3) is 0 Å². The molecule has 0 unspecified atom stereocenters. The van der Waals surface area contributed by atoms with E-state index in [1.165, 1.54) is 12.0 Å². The normalized spacial score (nSPS) is 23.1. The smallest absolute Gasteiger partial charge is 0.253 e. The predicted octanol–water partition coefficient (Wildman–Crippen LogP) is 1.46. The van der Waals surface area contributed by atoms with Gasteiger partial charge in [0, 0.05) is 58.4 Å². The van der Waals surface area contributed by atoms with Crippen molar-refractivity contribution >= 4 is 5.91 Å². The molecule has 2 fully saturated rings. The van der Waals surface area contributed by atoms with E-state index in [2.05, 4.69) is 40.9 Å². The molecule has 138 valence electrons. The first-order valence-corrected chi connectivity index (χ1v) is 9.45. The van der Waals surface area contributed by atoms with Crippen LogP contribution in [-0.4, -0.2) is 92.5 Å². The molecule has 5 nitrogen and oxygen atoms in total. The molecule has 0 aromatic heterocycles. The number of hydrogen-bond acceptors (Lipinski definition) is 4. The molecule has 3 rings (SSSR count). The summed E-state index contributed by atoms with van der Waals surface area (Å²) in [6, 6.07) is 8.20. The fraction of sp³-hybridized carbons (Fsp3) is 0.650. The van der Waals surface area contributed by atoms with Gasteiger partial charge in [-0.2, -0.15) is 0 Å². The van der Waals surface area contributed by atoms with Crippen molar-refractivity contribution in [2.75, 3.05) is 67.0 Å². The van der Waals surface area contributed by atoms with E-state index >= 15 is 0 Å². The maximum atomic E-state index is 12.8. The molecular weight excluding hydrogens is 312 g/mol. The van der Waals surface area contributed by atoms with Crippen molar-refractivity contribution in [1.82, 2.24) is 19.6 Å². The molecule has 0 bridgehead atoms. The second kappa shape index (κ2) is 8.30. The topological polar surface area (TPSA) is 30.0 Å². The highest BCUT2D eigenvalue weighted by Crippen LogP contribution is 2.17. The molecule has 1 aromatic rings. The minimum atomic E-state index is 0.148. The molecular formula is C20H32N4O. The van der Waals surface area contributed by atoms with E-state index < -0.39 is 0 Å². The van der Waals surface area contributed by atoms with Crippen LogP contribution in [0, 0.1) is 5.92 Å². The molecule has 5 heteroatoms. The van der Waals surface area contributed by atoms with Gasteiger partial charge in [0.1, 0.15) is 0 Å². The van der Waals surface area contributed by atoms with Gasteiger partial charge in [0.2, 0.25) is 0 Å². The third-order valence-electron chi connectivity index (χ3n) is 5.54. The summed E-state index contributed by atoms with van der Waals surface area (Å²) < 4.78 is 0. The number of carbonyl (C=O) groups excluding carboxylic acids is 1. The average molecular weight is 345 g/mol. The van der Waals surface area contributed by atoms with Gasteiger partial charge in [0.25, 0.3) is 5.91 Å². The Bertz CT molecular complexity index is 583. The van der Waals surface area contributed by atoms with Crippen molar-refractivity contribution in [1.29, 1.82) is 0 Å². The lowest BCUT2D eigenvalue weighted by Crippen LogP contribution is -2.43. The molecule has 2 heterocycles. The summed E-state index contributed by atoms with van der Waals surface area (Å²) in [5, 5.41) is 0. The number of amides is 1. The van der Waals surface area contributed by atoms with Crippen LogP contribution in [0.5, 0.6) is 0 Å². The van der Waals surface area contributed by atoms with Crippen LogP contribution < -0.4 is 0 Å². The highest BCUT2D eigenvalue weighted by atomic mass is 16.2. The number of carbonyl (C=O) groups is 1. The molecule has 2 aliphatic rings. The summed E-state index contributed by atoms with van der Waals surface area (Å²) in [4.78, 5) is 21.9. The molecule has 25 heavy (non-hydrogen) atoms. The Morgan fingerprint density at radius 3 is 2.56 bits per heavy atom. The van der Waals surface area contributed by atoms with Crippen LogP contribution in [0.1, 0.15) is 22.3 Å². The van der Waals surface area contributed by atoms with Gasteiger partial charge in [-0.3, -0.25) is 9.69 Å². The van der Waals surface area contributed by atoms with Crippen molar-refractivity contribution in [2.45, 2.75) is 13.0 Å². The Labute approximate surface area is 152 Å². The minimum absolute atomic E-state index is 0.148. The van der Waals surface area contributed by atoms with Gasteiger partial charge < -0.3 is 14.7 Å². The maximum Gasteiger partial charge on any atom is 0.253 e. The Balaban J connectivity index is 1.57. The van der Waals surface area contributed by atoms with Crippen LogP contribution in [0.4, 0.5) is 0 Å². The second-order valence-corrected chi connectivity index (χ2v) is 7.88.